The predicted molar refractivity (Wildman–Crippen MR) is 174 cm³/mol. The Hall–Kier alpha value is -5.40. The highest BCUT2D eigenvalue weighted by atomic mass is 16.3. The van der Waals surface area contributed by atoms with E-state index in [0.29, 0.717) is 0 Å². The van der Waals surface area contributed by atoms with E-state index in [1.807, 2.05) is 0 Å². The maximum Gasteiger partial charge on any atom is 0.136 e. The molecule has 9 rings (SSSR count). The summed E-state index contributed by atoms with van der Waals surface area (Å²) in [5.41, 5.74) is 9.28. The van der Waals surface area contributed by atoms with E-state index < -0.39 is 0 Å². The van der Waals surface area contributed by atoms with Crippen molar-refractivity contribution in [1.29, 1.82) is 0 Å². The van der Waals surface area contributed by atoms with Gasteiger partial charge in [0.2, 0.25) is 0 Å². The van der Waals surface area contributed by atoms with E-state index >= 15 is 0 Å². The van der Waals surface area contributed by atoms with Gasteiger partial charge in [-0.1, -0.05) is 121 Å². The molecule has 0 radical (unpaired) electrons. The highest BCUT2D eigenvalue weighted by molar-refractivity contribution is 6.29. The van der Waals surface area contributed by atoms with Crippen molar-refractivity contribution in [1.82, 2.24) is 0 Å². The first-order chi connectivity index (χ1) is 20.3. The second-order valence-electron chi connectivity index (χ2n) is 10.8. The van der Waals surface area contributed by atoms with Crippen LogP contribution in [0.15, 0.2) is 150 Å². The molecule has 0 aliphatic heterocycles. The number of furan rings is 1. The summed E-state index contributed by atoms with van der Waals surface area (Å²) in [6.07, 6.45) is 0. The molecule has 0 amide bonds. The second kappa shape index (κ2) is 8.55. The third kappa shape index (κ3) is 3.24. The van der Waals surface area contributed by atoms with Crippen molar-refractivity contribution in [2.45, 2.75) is 0 Å². The summed E-state index contributed by atoms with van der Waals surface area (Å²) in [7, 11) is 0. The molecule has 9 aromatic rings. The normalized spacial score (nSPS) is 11.9. The third-order valence-electron chi connectivity index (χ3n) is 8.61. The van der Waals surface area contributed by atoms with E-state index in [9.17, 15) is 0 Å². The maximum atomic E-state index is 6.52. The Labute approximate surface area is 237 Å². The zero-order chi connectivity index (χ0) is 26.9. The van der Waals surface area contributed by atoms with Gasteiger partial charge in [-0.2, -0.15) is 0 Å². The fourth-order valence-corrected chi connectivity index (χ4v) is 6.87. The lowest BCUT2D eigenvalue weighted by Crippen LogP contribution is -1.91. The van der Waals surface area contributed by atoms with E-state index in [1.165, 1.54) is 76.5 Å². The van der Waals surface area contributed by atoms with Crippen LogP contribution in [0.4, 0.5) is 0 Å². The monoisotopic (exact) mass is 520 g/mol. The quantitative estimate of drug-likeness (QED) is 0.167. The van der Waals surface area contributed by atoms with E-state index in [4.69, 9.17) is 4.42 Å². The lowest BCUT2D eigenvalue weighted by atomic mass is 9.84. The molecule has 0 aliphatic carbocycles. The van der Waals surface area contributed by atoms with Crippen LogP contribution in [0.2, 0.25) is 0 Å². The van der Waals surface area contributed by atoms with Crippen molar-refractivity contribution in [3.63, 3.8) is 0 Å². The van der Waals surface area contributed by atoms with Gasteiger partial charge in [-0.25, -0.2) is 0 Å². The standard InChI is InChI=1S/C40H24O/c1-3-11-25(12-4-1)28-23-27-19-20-34-33(21-22-35-40(34)38(27)36(24-28)41-35)39-31-17-9-7-15-29(31)37(26-13-5-2-6-14-26)30-16-8-10-18-32(30)39/h1-24H. The molecule has 0 N–H and O–H groups in total. The molecule has 0 fully saturated rings. The number of fused-ring (bicyclic) bond motifs is 2. The Balaban J connectivity index is 1.38. The van der Waals surface area contributed by atoms with Gasteiger partial charge >= 0.3 is 0 Å². The van der Waals surface area contributed by atoms with Crippen LogP contribution in [0.3, 0.4) is 0 Å². The summed E-state index contributed by atoms with van der Waals surface area (Å²) in [6.45, 7) is 0. The molecular formula is C40H24O. The van der Waals surface area contributed by atoms with Gasteiger partial charge in [0.05, 0.1) is 0 Å². The molecule has 0 saturated carbocycles. The van der Waals surface area contributed by atoms with Crippen molar-refractivity contribution in [2.75, 3.05) is 0 Å². The number of benzene rings is 8. The van der Waals surface area contributed by atoms with Gasteiger partial charge < -0.3 is 4.42 Å². The van der Waals surface area contributed by atoms with Crippen LogP contribution in [0, 0.1) is 0 Å². The molecule has 0 bridgehead atoms. The molecule has 1 heterocycles. The molecule has 1 aromatic heterocycles. The molecule has 0 aliphatic rings. The molecule has 0 saturated heterocycles. The summed E-state index contributed by atoms with van der Waals surface area (Å²) >= 11 is 0. The van der Waals surface area contributed by atoms with Gasteiger partial charge in [0.1, 0.15) is 11.2 Å². The van der Waals surface area contributed by atoms with Crippen LogP contribution < -0.4 is 0 Å². The lowest BCUT2D eigenvalue weighted by Gasteiger charge is -2.18. The minimum Gasteiger partial charge on any atom is -0.456 e. The average molecular weight is 521 g/mol. The smallest absolute Gasteiger partial charge is 0.136 e. The third-order valence-corrected chi connectivity index (χ3v) is 8.61. The Morgan fingerprint density at radius 2 is 0.927 bits per heavy atom. The van der Waals surface area contributed by atoms with Crippen molar-refractivity contribution >= 4 is 54.3 Å². The first-order valence-corrected chi connectivity index (χ1v) is 14.1. The van der Waals surface area contributed by atoms with Crippen molar-refractivity contribution in [3.8, 4) is 33.4 Å². The van der Waals surface area contributed by atoms with Crippen LogP contribution in [-0.2, 0) is 0 Å². The summed E-state index contributed by atoms with van der Waals surface area (Å²) in [5.74, 6) is 0. The Kier molecular flexibility index (Phi) is 4.67. The molecule has 0 unspecified atom stereocenters. The number of rotatable bonds is 3. The van der Waals surface area contributed by atoms with Crippen LogP contribution in [-0.4, -0.2) is 0 Å². The first kappa shape index (κ1) is 22.4. The van der Waals surface area contributed by atoms with Crippen LogP contribution in [0.1, 0.15) is 0 Å². The van der Waals surface area contributed by atoms with Gasteiger partial charge in [-0.3, -0.25) is 0 Å². The highest BCUT2D eigenvalue weighted by Gasteiger charge is 2.21. The van der Waals surface area contributed by atoms with E-state index in [0.717, 1.165) is 11.2 Å². The topological polar surface area (TPSA) is 13.1 Å². The van der Waals surface area contributed by atoms with Crippen LogP contribution in [0.5, 0.6) is 0 Å². The SMILES string of the molecule is c1ccc(-c2cc3ccc4c(-c5c6ccccc6c(-c6ccccc6)c6ccccc56)ccc5oc(c2)c3c54)cc1. The summed E-state index contributed by atoms with van der Waals surface area (Å²) in [5, 5.41) is 9.90. The molecule has 1 nitrogen and oxygen atoms in total. The van der Waals surface area contributed by atoms with Gasteiger partial charge in [-0.05, 0) is 90.0 Å². The van der Waals surface area contributed by atoms with Crippen LogP contribution in [0.25, 0.3) is 87.6 Å². The minimum atomic E-state index is 0.934. The number of hydrogen-bond donors (Lipinski definition) is 0. The molecule has 190 valence electrons. The largest absolute Gasteiger partial charge is 0.456 e. The highest BCUT2D eigenvalue weighted by Crippen LogP contribution is 2.48. The lowest BCUT2D eigenvalue weighted by molar-refractivity contribution is 0.669. The van der Waals surface area contributed by atoms with E-state index in [1.54, 1.807) is 0 Å². The first-order valence-electron chi connectivity index (χ1n) is 14.1. The minimum absolute atomic E-state index is 0.934. The fourth-order valence-electron chi connectivity index (χ4n) is 6.87. The van der Waals surface area contributed by atoms with Gasteiger partial charge in [0.25, 0.3) is 0 Å². The molecule has 41 heavy (non-hydrogen) atoms. The van der Waals surface area contributed by atoms with Crippen LogP contribution >= 0.6 is 0 Å². The van der Waals surface area contributed by atoms with E-state index in [2.05, 4.69) is 146 Å². The maximum absolute atomic E-state index is 6.52. The Bertz CT molecular complexity index is 2340. The Morgan fingerprint density at radius 3 is 1.59 bits per heavy atom. The number of hydrogen-bond acceptors (Lipinski definition) is 1. The summed E-state index contributed by atoms with van der Waals surface area (Å²) in [4.78, 5) is 0. The molecular weight excluding hydrogens is 496 g/mol. The van der Waals surface area contributed by atoms with Crippen molar-refractivity contribution in [2.24, 2.45) is 0 Å². The van der Waals surface area contributed by atoms with Gasteiger partial charge in [0.15, 0.2) is 0 Å². The van der Waals surface area contributed by atoms with Crippen molar-refractivity contribution < 1.29 is 4.42 Å². The van der Waals surface area contributed by atoms with Crippen molar-refractivity contribution in [3.05, 3.63) is 146 Å². The Morgan fingerprint density at radius 1 is 0.341 bits per heavy atom. The summed E-state index contributed by atoms with van der Waals surface area (Å²) in [6, 6.07) is 52.5. The zero-order valence-electron chi connectivity index (χ0n) is 22.3. The fraction of sp³-hybridized carbons (Fsp3) is 0. The summed E-state index contributed by atoms with van der Waals surface area (Å²) < 4.78 is 6.52. The van der Waals surface area contributed by atoms with E-state index in [-0.39, 0.29) is 0 Å². The molecule has 1 heteroatoms. The predicted octanol–water partition coefficient (Wildman–Crippen LogP) is 11.5. The molecule has 8 aromatic carbocycles. The van der Waals surface area contributed by atoms with Gasteiger partial charge in [-0.15, -0.1) is 0 Å². The zero-order valence-corrected chi connectivity index (χ0v) is 22.3. The molecule has 0 atom stereocenters. The van der Waals surface area contributed by atoms with Gasteiger partial charge in [0, 0.05) is 10.8 Å². The second-order valence-corrected chi connectivity index (χ2v) is 10.8. The molecule has 0 spiro atoms. The average Bonchev–Trinajstić information content (AvgIpc) is 3.43.